The summed E-state index contributed by atoms with van der Waals surface area (Å²) in [5, 5.41) is 8.75. The number of pyridine rings is 1. The summed E-state index contributed by atoms with van der Waals surface area (Å²) in [5.74, 6) is -4.54. The van der Waals surface area contributed by atoms with E-state index in [9.17, 15) is 18.0 Å². The van der Waals surface area contributed by atoms with Crippen molar-refractivity contribution in [2.75, 3.05) is 0 Å². The topological polar surface area (TPSA) is 50.2 Å². The Labute approximate surface area is 99.5 Å². The van der Waals surface area contributed by atoms with Gasteiger partial charge in [0.2, 0.25) is 0 Å². The van der Waals surface area contributed by atoms with Gasteiger partial charge in [0, 0.05) is 30.1 Å². The zero-order valence-electron chi connectivity index (χ0n) is 8.82. The first-order chi connectivity index (χ1) is 8.49. The maximum absolute atomic E-state index is 13.5. The van der Waals surface area contributed by atoms with Gasteiger partial charge in [0.25, 0.3) is 0 Å². The summed E-state index contributed by atoms with van der Waals surface area (Å²) < 4.78 is 39.7. The van der Waals surface area contributed by atoms with E-state index in [1.165, 1.54) is 0 Å². The zero-order valence-corrected chi connectivity index (χ0v) is 8.82. The van der Waals surface area contributed by atoms with Crippen molar-refractivity contribution >= 4 is 5.97 Å². The third-order valence-corrected chi connectivity index (χ3v) is 2.28. The van der Waals surface area contributed by atoms with E-state index in [0.717, 1.165) is 18.5 Å². The van der Waals surface area contributed by atoms with Crippen LogP contribution in [0.3, 0.4) is 0 Å². The Hall–Kier alpha value is -2.37. The summed E-state index contributed by atoms with van der Waals surface area (Å²) in [6.07, 6.45) is 2.15. The second-order valence-electron chi connectivity index (χ2n) is 3.51. The van der Waals surface area contributed by atoms with Gasteiger partial charge in [-0.05, 0) is 6.07 Å². The number of aromatic carboxylic acids is 1. The van der Waals surface area contributed by atoms with E-state index in [-0.39, 0.29) is 11.1 Å². The molecule has 3 nitrogen and oxygen atoms in total. The first-order valence-corrected chi connectivity index (χ1v) is 4.82. The van der Waals surface area contributed by atoms with Crippen molar-refractivity contribution in [3.63, 3.8) is 0 Å². The van der Waals surface area contributed by atoms with Crippen molar-refractivity contribution in [1.29, 1.82) is 0 Å². The fourth-order valence-corrected chi connectivity index (χ4v) is 1.51. The molecule has 0 atom stereocenters. The van der Waals surface area contributed by atoms with Crippen LogP contribution in [-0.2, 0) is 0 Å². The Morgan fingerprint density at radius 1 is 1.06 bits per heavy atom. The van der Waals surface area contributed by atoms with Crippen LogP contribution in [0.1, 0.15) is 10.4 Å². The highest BCUT2D eigenvalue weighted by atomic mass is 19.1. The quantitative estimate of drug-likeness (QED) is 0.895. The average Bonchev–Trinajstić information content (AvgIpc) is 2.28. The molecule has 0 aliphatic heterocycles. The molecular formula is C12H6F3NO2. The fourth-order valence-electron chi connectivity index (χ4n) is 1.51. The molecule has 6 heteroatoms. The minimum atomic E-state index is -1.27. The monoisotopic (exact) mass is 253 g/mol. The first-order valence-electron chi connectivity index (χ1n) is 4.82. The smallest absolute Gasteiger partial charge is 0.337 e. The third kappa shape index (κ3) is 2.17. The average molecular weight is 253 g/mol. The highest BCUT2D eigenvalue weighted by Crippen LogP contribution is 2.26. The van der Waals surface area contributed by atoms with Gasteiger partial charge in [0.1, 0.15) is 17.5 Å². The van der Waals surface area contributed by atoms with Crippen molar-refractivity contribution in [3.8, 4) is 11.1 Å². The molecule has 0 amide bonds. The standard InChI is InChI=1S/C12H6F3NO2/c13-8-2-9(14)11(10(15)3-8)6-1-7(12(17)18)5-16-4-6/h1-5H,(H,17,18). The molecule has 0 radical (unpaired) electrons. The van der Waals surface area contributed by atoms with Crippen molar-refractivity contribution in [2.24, 2.45) is 0 Å². The molecule has 0 aliphatic rings. The number of hydrogen-bond donors (Lipinski definition) is 1. The molecule has 1 aromatic carbocycles. The Bertz CT molecular complexity index is 605. The van der Waals surface area contributed by atoms with E-state index >= 15 is 0 Å². The molecule has 92 valence electrons. The van der Waals surface area contributed by atoms with Gasteiger partial charge >= 0.3 is 5.97 Å². The fraction of sp³-hybridized carbons (Fsp3) is 0. The molecule has 0 saturated carbocycles. The second-order valence-corrected chi connectivity index (χ2v) is 3.51. The molecule has 0 fully saturated rings. The van der Waals surface area contributed by atoms with E-state index in [2.05, 4.69) is 4.98 Å². The highest BCUT2D eigenvalue weighted by Gasteiger charge is 2.15. The molecule has 0 unspecified atom stereocenters. The van der Waals surface area contributed by atoms with Gasteiger partial charge in [-0.15, -0.1) is 0 Å². The normalized spacial score (nSPS) is 10.4. The number of halogens is 3. The lowest BCUT2D eigenvalue weighted by atomic mass is 10.0. The Kier molecular flexibility index (Phi) is 3.01. The van der Waals surface area contributed by atoms with Crippen molar-refractivity contribution in [2.45, 2.75) is 0 Å². The van der Waals surface area contributed by atoms with Crippen LogP contribution in [0, 0.1) is 17.5 Å². The number of benzene rings is 1. The Balaban J connectivity index is 2.62. The molecule has 2 aromatic rings. The molecule has 0 aliphatic carbocycles. The molecule has 1 heterocycles. The van der Waals surface area contributed by atoms with Crippen molar-refractivity contribution in [3.05, 3.63) is 53.6 Å². The van der Waals surface area contributed by atoms with Gasteiger partial charge in [0.05, 0.1) is 11.1 Å². The van der Waals surface area contributed by atoms with Crippen molar-refractivity contribution in [1.82, 2.24) is 4.98 Å². The summed E-state index contributed by atoms with van der Waals surface area (Å²) in [5.41, 5.74) is -0.785. The molecular weight excluding hydrogens is 247 g/mol. The number of rotatable bonds is 2. The number of carbonyl (C=O) groups is 1. The molecule has 18 heavy (non-hydrogen) atoms. The maximum atomic E-state index is 13.5. The largest absolute Gasteiger partial charge is 0.478 e. The van der Waals surface area contributed by atoms with Crippen LogP contribution < -0.4 is 0 Å². The Morgan fingerprint density at radius 3 is 2.22 bits per heavy atom. The number of carboxylic acid groups (broad SMARTS) is 1. The number of carboxylic acids is 1. The minimum Gasteiger partial charge on any atom is -0.478 e. The van der Waals surface area contributed by atoms with Crippen LogP contribution in [0.4, 0.5) is 13.2 Å². The van der Waals surface area contributed by atoms with Crippen LogP contribution >= 0.6 is 0 Å². The summed E-state index contributed by atoms with van der Waals surface area (Å²) in [4.78, 5) is 14.3. The zero-order chi connectivity index (χ0) is 13.3. The summed E-state index contributed by atoms with van der Waals surface area (Å²) >= 11 is 0. The third-order valence-electron chi connectivity index (χ3n) is 2.28. The summed E-state index contributed by atoms with van der Waals surface area (Å²) in [7, 11) is 0. The predicted octanol–water partition coefficient (Wildman–Crippen LogP) is 2.86. The molecule has 0 bridgehead atoms. The van der Waals surface area contributed by atoms with Crippen LogP contribution in [0.2, 0.25) is 0 Å². The lowest BCUT2D eigenvalue weighted by molar-refractivity contribution is 0.0696. The lowest BCUT2D eigenvalue weighted by Gasteiger charge is -2.05. The van der Waals surface area contributed by atoms with E-state index in [1.807, 2.05) is 0 Å². The van der Waals surface area contributed by atoms with Gasteiger partial charge in [-0.25, -0.2) is 18.0 Å². The lowest BCUT2D eigenvalue weighted by Crippen LogP contribution is -1.99. The predicted molar refractivity (Wildman–Crippen MR) is 56.5 cm³/mol. The molecule has 0 spiro atoms. The number of aromatic nitrogens is 1. The minimum absolute atomic E-state index is 0.0649. The van der Waals surface area contributed by atoms with Crippen LogP contribution in [0.5, 0.6) is 0 Å². The molecule has 2 rings (SSSR count). The number of hydrogen-bond acceptors (Lipinski definition) is 2. The molecule has 0 saturated heterocycles. The Morgan fingerprint density at radius 2 is 1.67 bits per heavy atom. The second kappa shape index (κ2) is 4.48. The number of nitrogens with zero attached hydrogens (tertiary/aromatic N) is 1. The van der Waals surface area contributed by atoms with Crippen LogP contribution in [0.25, 0.3) is 11.1 Å². The molecule has 1 aromatic heterocycles. The van der Waals surface area contributed by atoms with E-state index in [4.69, 9.17) is 5.11 Å². The van der Waals surface area contributed by atoms with Gasteiger partial charge in [0.15, 0.2) is 0 Å². The van der Waals surface area contributed by atoms with Crippen LogP contribution in [-0.4, -0.2) is 16.1 Å². The van der Waals surface area contributed by atoms with E-state index in [1.54, 1.807) is 0 Å². The van der Waals surface area contributed by atoms with Gasteiger partial charge < -0.3 is 5.11 Å². The van der Waals surface area contributed by atoms with Gasteiger partial charge in [-0.2, -0.15) is 0 Å². The SMILES string of the molecule is O=C(O)c1cncc(-c2c(F)cc(F)cc2F)c1. The van der Waals surface area contributed by atoms with Crippen molar-refractivity contribution < 1.29 is 23.1 Å². The summed E-state index contributed by atoms with van der Waals surface area (Å²) in [6.45, 7) is 0. The van der Waals surface area contributed by atoms with E-state index < -0.39 is 29.0 Å². The molecule has 1 N–H and O–H groups in total. The highest BCUT2D eigenvalue weighted by molar-refractivity contribution is 5.88. The maximum Gasteiger partial charge on any atom is 0.337 e. The van der Waals surface area contributed by atoms with E-state index in [0.29, 0.717) is 12.1 Å². The van der Waals surface area contributed by atoms with Crippen LogP contribution in [0.15, 0.2) is 30.6 Å². The van der Waals surface area contributed by atoms with Gasteiger partial charge in [-0.3, -0.25) is 4.98 Å². The van der Waals surface area contributed by atoms with Gasteiger partial charge in [-0.1, -0.05) is 0 Å². The summed E-state index contributed by atoms with van der Waals surface area (Å²) in [6, 6.07) is 2.10. The first kappa shape index (κ1) is 12.1.